The van der Waals surface area contributed by atoms with Gasteiger partial charge in [0.15, 0.2) is 6.61 Å². The van der Waals surface area contributed by atoms with Gasteiger partial charge in [0.2, 0.25) is 0 Å². The van der Waals surface area contributed by atoms with Crippen LogP contribution < -0.4 is 4.74 Å². The normalized spacial score (nSPS) is 10.4. The highest BCUT2D eigenvalue weighted by molar-refractivity contribution is 7.99. The molecule has 0 saturated carbocycles. The third kappa shape index (κ3) is 4.16. The van der Waals surface area contributed by atoms with Crippen molar-refractivity contribution < 1.29 is 19.7 Å². The third-order valence-electron chi connectivity index (χ3n) is 2.90. The smallest absolute Gasteiger partial charge is 0.341 e. The van der Waals surface area contributed by atoms with E-state index in [4.69, 9.17) is 9.84 Å². The zero-order chi connectivity index (χ0) is 15.4. The van der Waals surface area contributed by atoms with Crippen molar-refractivity contribution in [3.63, 3.8) is 0 Å². The van der Waals surface area contributed by atoms with Crippen molar-refractivity contribution in [3.05, 3.63) is 47.5 Å². The second-order valence-corrected chi connectivity index (χ2v) is 5.81. The zero-order valence-electron chi connectivity index (χ0n) is 11.8. The topological polar surface area (TPSA) is 66.8 Å². The predicted molar refractivity (Wildman–Crippen MR) is 81.3 cm³/mol. The first-order chi connectivity index (χ1) is 9.95. The highest BCUT2D eigenvalue weighted by Gasteiger charge is 2.06. The lowest BCUT2D eigenvalue weighted by Gasteiger charge is -2.09. The summed E-state index contributed by atoms with van der Waals surface area (Å²) in [6.45, 7) is 3.39. The Morgan fingerprint density at radius 2 is 1.71 bits per heavy atom. The van der Waals surface area contributed by atoms with Crippen LogP contribution in [0.15, 0.2) is 46.2 Å². The van der Waals surface area contributed by atoms with Crippen LogP contribution in [0.4, 0.5) is 0 Å². The second-order valence-electron chi connectivity index (χ2n) is 4.66. The van der Waals surface area contributed by atoms with Gasteiger partial charge in [-0.1, -0.05) is 11.8 Å². The average Bonchev–Trinajstić information content (AvgIpc) is 2.42. The van der Waals surface area contributed by atoms with Gasteiger partial charge in [-0.2, -0.15) is 0 Å². The summed E-state index contributed by atoms with van der Waals surface area (Å²) in [4.78, 5) is 12.6. The standard InChI is InChI=1S/C16H16O4S/c1-10-7-12(3-5-14(10)17)21-13-4-6-15(11(2)8-13)20-9-16(18)19/h3-8,17H,9H2,1-2H3,(H,18,19). The van der Waals surface area contributed by atoms with Crippen molar-refractivity contribution in [2.24, 2.45) is 0 Å². The Morgan fingerprint density at radius 1 is 1.10 bits per heavy atom. The Morgan fingerprint density at radius 3 is 2.29 bits per heavy atom. The zero-order valence-corrected chi connectivity index (χ0v) is 12.6. The first-order valence-electron chi connectivity index (χ1n) is 6.38. The molecule has 4 nitrogen and oxygen atoms in total. The van der Waals surface area contributed by atoms with Gasteiger partial charge in [-0.25, -0.2) is 4.79 Å². The maximum Gasteiger partial charge on any atom is 0.341 e. The van der Waals surface area contributed by atoms with E-state index in [0.29, 0.717) is 5.75 Å². The molecule has 5 heteroatoms. The molecule has 0 aromatic heterocycles. The number of rotatable bonds is 5. The minimum atomic E-state index is -0.993. The summed E-state index contributed by atoms with van der Waals surface area (Å²) in [6.07, 6.45) is 0. The van der Waals surface area contributed by atoms with E-state index < -0.39 is 5.97 Å². The highest BCUT2D eigenvalue weighted by Crippen LogP contribution is 2.33. The van der Waals surface area contributed by atoms with Gasteiger partial charge < -0.3 is 14.9 Å². The Labute approximate surface area is 127 Å². The molecule has 0 aliphatic heterocycles. The van der Waals surface area contributed by atoms with Gasteiger partial charge in [-0.3, -0.25) is 0 Å². The van der Waals surface area contributed by atoms with E-state index in [-0.39, 0.29) is 12.4 Å². The molecule has 110 valence electrons. The molecule has 2 aromatic carbocycles. The maximum absolute atomic E-state index is 10.5. The molecule has 0 radical (unpaired) electrons. The van der Waals surface area contributed by atoms with Crippen LogP contribution in [0.5, 0.6) is 11.5 Å². The van der Waals surface area contributed by atoms with Gasteiger partial charge >= 0.3 is 5.97 Å². The summed E-state index contributed by atoms with van der Waals surface area (Å²) in [5, 5.41) is 18.1. The number of carbonyl (C=O) groups is 1. The van der Waals surface area contributed by atoms with Crippen LogP contribution in [0.2, 0.25) is 0 Å². The number of carboxylic acids is 1. The monoisotopic (exact) mass is 304 g/mol. The van der Waals surface area contributed by atoms with E-state index >= 15 is 0 Å². The Bertz CT molecular complexity index is 667. The molecule has 2 aromatic rings. The Hall–Kier alpha value is -2.14. The quantitative estimate of drug-likeness (QED) is 0.883. The van der Waals surface area contributed by atoms with Crippen LogP contribution in [0.1, 0.15) is 11.1 Å². The summed E-state index contributed by atoms with van der Waals surface area (Å²) < 4.78 is 5.20. The highest BCUT2D eigenvalue weighted by atomic mass is 32.2. The Kier molecular flexibility index (Phi) is 4.75. The van der Waals surface area contributed by atoms with Crippen LogP contribution in [-0.2, 0) is 4.79 Å². The van der Waals surface area contributed by atoms with E-state index in [1.165, 1.54) is 0 Å². The molecule has 0 atom stereocenters. The lowest BCUT2D eigenvalue weighted by Crippen LogP contribution is -2.09. The first kappa shape index (κ1) is 15.3. The minimum absolute atomic E-state index is 0.285. The molecular weight excluding hydrogens is 288 g/mol. The lowest BCUT2D eigenvalue weighted by atomic mass is 10.2. The number of ether oxygens (including phenoxy) is 1. The van der Waals surface area contributed by atoms with Gasteiger partial charge in [-0.05, 0) is 61.4 Å². The summed E-state index contributed by atoms with van der Waals surface area (Å²) in [6, 6.07) is 11.1. The number of aryl methyl sites for hydroxylation is 2. The van der Waals surface area contributed by atoms with Crippen LogP contribution in [-0.4, -0.2) is 22.8 Å². The van der Waals surface area contributed by atoms with Crippen LogP contribution in [0, 0.1) is 13.8 Å². The number of phenols is 1. The van der Waals surface area contributed by atoms with Crippen molar-refractivity contribution in [3.8, 4) is 11.5 Å². The van der Waals surface area contributed by atoms with Crippen LogP contribution in [0.3, 0.4) is 0 Å². The van der Waals surface area contributed by atoms with Crippen LogP contribution >= 0.6 is 11.8 Å². The van der Waals surface area contributed by atoms with Gasteiger partial charge in [0.1, 0.15) is 11.5 Å². The fourth-order valence-electron chi connectivity index (χ4n) is 1.81. The van der Waals surface area contributed by atoms with Gasteiger partial charge in [0.25, 0.3) is 0 Å². The van der Waals surface area contributed by atoms with E-state index in [9.17, 15) is 9.90 Å². The summed E-state index contributed by atoms with van der Waals surface area (Å²) in [5.41, 5.74) is 1.72. The van der Waals surface area contributed by atoms with Gasteiger partial charge in [-0.15, -0.1) is 0 Å². The summed E-state index contributed by atoms with van der Waals surface area (Å²) in [5.74, 6) is -0.135. The lowest BCUT2D eigenvalue weighted by molar-refractivity contribution is -0.139. The summed E-state index contributed by atoms with van der Waals surface area (Å²) >= 11 is 1.57. The maximum atomic E-state index is 10.5. The van der Waals surface area contributed by atoms with Crippen molar-refractivity contribution in [2.45, 2.75) is 23.6 Å². The number of benzene rings is 2. The largest absolute Gasteiger partial charge is 0.508 e. The number of carboxylic acid groups (broad SMARTS) is 1. The van der Waals surface area contributed by atoms with E-state index in [0.717, 1.165) is 20.9 Å². The van der Waals surface area contributed by atoms with Gasteiger partial charge in [0.05, 0.1) is 0 Å². The van der Waals surface area contributed by atoms with E-state index in [1.807, 2.05) is 38.1 Å². The number of aliphatic carboxylic acids is 1. The SMILES string of the molecule is Cc1cc(Sc2ccc(OCC(=O)O)c(C)c2)ccc1O. The molecule has 21 heavy (non-hydrogen) atoms. The molecule has 2 N–H and O–H groups in total. The summed E-state index contributed by atoms with van der Waals surface area (Å²) in [7, 11) is 0. The number of aromatic hydroxyl groups is 1. The number of hydrogen-bond acceptors (Lipinski definition) is 4. The molecule has 0 spiro atoms. The molecule has 0 aliphatic rings. The second kappa shape index (κ2) is 6.54. The third-order valence-corrected chi connectivity index (χ3v) is 3.88. The van der Waals surface area contributed by atoms with E-state index in [1.54, 1.807) is 23.9 Å². The minimum Gasteiger partial charge on any atom is -0.508 e. The fourth-order valence-corrected chi connectivity index (χ4v) is 2.83. The molecule has 0 fully saturated rings. The molecule has 0 heterocycles. The molecule has 0 bridgehead atoms. The average molecular weight is 304 g/mol. The molecule has 0 saturated heterocycles. The van der Waals surface area contributed by atoms with Crippen LogP contribution in [0.25, 0.3) is 0 Å². The van der Waals surface area contributed by atoms with Gasteiger partial charge in [0, 0.05) is 9.79 Å². The number of phenolic OH excluding ortho intramolecular Hbond substituents is 1. The van der Waals surface area contributed by atoms with Crippen molar-refractivity contribution in [1.82, 2.24) is 0 Å². The number of hydrogen-bond donors (Lipinski definition) is 2. The molecular formula is C16H16O4S. The van der Waals surface area contributed by atoms with Crippen molar-refractivity contribution in [2.75, 3.05) is 6.61 Å². The van der Waals surface area contributed by atoms with Crippen molar-refractivity contribution in [1.29, 1.82) is 0 Å². The molecule has 2 rings (SSSR count). The molecule has 0 aliphatic carbocycles. The molecule has 0 amide bonds. The predicted octanol–water partition coefficient (Wildman–Crippen LogP) is 3.62. The fraction of sp³-hybridized carbons (Fsp3) is 0.188. The van der Waals surface area contributed by atoms with Crippen molar-refractivity contribution >= 4 is 17.7 Å². The first-order valence-corrected chi connectivity index (χ1v) is 7.20. The molecule has 0 unspecified atom stereocenters. The van der Waals surface area contributed by atoms with E-state index in [2.05, 4.69) is 0 Å². The Balaban J connectivity index is 2.12.